The first-order valence-corrected chi connectivity index (χ1v) is 11.1. The maximum atomic E-state index is 13.3. The number of ether oxygens (including phenoxy) is 1. The first kappa shape index (κ1) is 21.2. The second-order valence-electron chi connectivity index (χ2n) is 8.33. The molecule has 0 saturated carbocycles. The highest BCUT2D eigenvalue weighted by Gasteiger charge is 2.38. The largest absolute Gasteiger partial charge is 0.497 e. The molecule has 7 nitrogen and oxygen atoms in total. The van der Waals surface area contributed by atoms with Crippen molar-refractivity contribution in [2.45, 2.75) is 13.1 Å². The third-order valence-corrected chi connectivity index (χ3v) is 6.30. The molecule has 7 heteroatoms. The van der Waals surface area contributed by atoms with Gasteiger partial charge < -0.3 is 9.64 Å². The lowest BCUT2D eigenvalue weighted by atomic mass is 10.1. The predicted molar refractivity (Wildman–Crippen MR) is 125 cm³/mol. The summed E-state index contributed by atoms with van der Waals surface area (Å²) in [6.45, 7) is 4.39. The SMILES string of the molecule is COc1ccc(CN2C(=O)c3cccc(N4CCN(Cc5ccccn5)CC4)c3C2=O)cc1. The summed E-state index contributed by atoms with van der Waals surface area (Å²) in [7, 11) is 1.61. The molecule has 33 heavy (non-hydrogen) atoms. The van der Waals surface area contributed by atoms with E-state index >= 15 is 0 Å². The Balaban J connectivity index is 1.30. The number of hydrogen-bond donors (Lipinski definition) is 0. The van der Waals surface area contributed by atoms with Crippen LogP contribution in [0.2, 0.25) is 0 Å². The van der Waals surface area contributed by atoms with Crippen LogP contribution in [-0.2, 0) is 13.1 Å². The Kier molecular flexibility index (Phi) is 5.79. The van der Waals surface area contributed by atoms with E-state index < -0.39 is 0 Å². The summed E-state index contributed by atoms with van der Waals surface area (Å²) in [4.78, 5) is 36.8. The van der Waals surface area contributed by atoms with Gasteiger partial charge in [-0.25, -0.2) is 0 Å². The first-order chi connectivity index (χ1) is 16.1. The molecule has 2 aliphatic heterocycles. The summed E-state index contributed by atoms with van der Waals surface area (Å²) in [6.07, 6.45) is 1.82. The van der Waals surface area contributed by atoms with Gasteiger partial charge in [0.25, 0.3) is 11.8 Å². The van der Waals surface area contributed by atoms with E-state index in [4.69, 9.17) is 4.74 Å². The van der Waals surface area contributed by atoms with Crippen LogP contribution in [0.25, 0.3) is 0 Å². The van der Waals surface area contributed by atoms with Gasteiger partial charge in [-0.05, 0) is 42.0 Å². The highest BCUT2D eigenvalue weighted by Crippen LogP contribution is 2.33. The monoisotopic (exact) mass is 442 g/mol. The summed E-state index contributed by atoms with van der Waals surface area (Å²) in [5.41, 5.74) is 3.80. The van der Waals surface area contributed by atoms with Crippen LogP contribution in [0, 0.1) is 0 Å². The molecular formula is C26H26N4O3. The van der Waals surface area contributed by atoms with Gasteiger partial charge in [-0.3, -0.25) is 24.4 Å². The number of benzene rings is 2. The number of imide groups is 1. The van der Waals surface area contributed by atoms with E-state index in [2.05, 4.69) is 14.8 Å². The van der Waals surface area contributed by atoms with E-state index in [1.165, 1.54) is 4.90 Å². The van der Waals surface area contributed by atoms with Crippen molar-refractivity contribution in [1.29, 1.82) is 0 Å². The average molecular weight is 443 g/mol. The minimum Gasteiger partial charge on any atom is -0.497 e. The van der Waals surface area contributed by atoms with E-state index in [0.717, 1.165) is 55.4 Å². The molecule has 0 atom stereocenters. The topological polar surface area (TPSA) is 66.0 Å². The smallest absolute Gasteiger partial charge is 0.263 e. The molecule has 2 amide bonds. The molecule has 0 spiro atoms. The number of carbonyl (C=O) groups excluding carboxylic acids is 2. The summed E-state index contributed by atoms with van der Waals surface area (Å²) in [5.74, 6) is 0.282. The molecule has 3 heterocycles. The molecular weight excluding hydrogens is 416 g/mol. The maximum absolute atomic E-state index is 13.3. The van der Waals surface area contributed by atoms with Crippen LogP contribution < -0.4 is 9.64 Å². The lowest BCUT2D eigenvalue weighted by molar-refractivity contribution is 0.0642. The number of nitrogens with zero attached hydrogens (tertiary/aromatic N) is 4. The van der Waals surface area contributed by atoms with Crippen LogP contribution in [-0.4, -0.2) is 59.9 Å². The highest BCUT2D eigenvalue weighted by atomic mass is 16.5. The molecule has 0 unspecified atom stereocenters. The number of carbonyl (C=O) groups is 2. The van der Waals surface area contributed by atoms with Crippen molar-refractivity contribution < 1.29 is 14.3 Å². The minimum atomic E-state index is -0.235. The van der Waals surface area contributed by atoms with Crippen LogP contribution in [0.1, 0.15) is 32.0 Å². The Morgan fingerprint density at radius 3 is 2.33 bits per heavy atom. The fraction of sp³-hybridized carbons (Fsp3) is 0.269. The summed E-state index contributed by atoms with van der Waals surface area (Å²) < 4.78 is 5.20. The van der Waals surface area contributed by atoms with Crippen molar-refractivity contribution in [2.75, 3.05) is 38.2 Å². The van der Waals surface area contributed by atoms with E-state index in [1.807, 2.05) is 60.8 Å². The van der Waals surface area contributed by atoms with E-state index in [9.17, 15) is 9.59 Å². The molecule has 0 bridgehead atoms. The third kappa shape index (κ3) is 4.19. The molecule has 0 radical (unpaired) electrons. The molecule has 2 aromatic carbocycles. The van der Waals surface area contributed by atoms with Gasteiger partial charge in [-0.2, -0.15) is 0 Å². The zero-order chi connectivity index (χ0) is 22.8. The molecule has 3 aromatic rings. The van der Waals surface area contributed by atoms with Crippen LogP contribution in [0.4, 0.5) is 5.69 Å². The van der Waals surface area contributed by atoms with Gasteiger partial charge in [0.2, 0.25) is 0 Å². The summed E-state index contributed by atoms with van der Waals surface area (Å²) >= 11 is 0. The number of fused-ring (bicyclic) bond motifs is 1. The van der Waals surface area contributed by atoms with Crippen molar-refractivity contribution >= 4 is 17.5 Å². The van der Waals surface area contributed by atoms with E-state index in [-0.39, 0.29) is 18.4 Å². The molecule has 168 valence electrons. The number of hydrogen-bond acceptors (Lipinski definition) is 6. The highest BCUT2D eigenvalue weighted by molar-refractivity contribution is 6.23. The quantitative estimate of drug-likeness (QED) is 0.546. The van der Waals surface area contributed by atoms with Crippen LogP contribution >= 0.6 is 0 Å². The predicted octanol–water partition coefficient (Wildman–Crippen LogP) is 3.21. The Morgan fingerprint density at radius 2 is 1.64 bits per heavy atom. The van der Waals surface area contributed by atoms with Gasteiger partial charge in [-0.15, -0.1) is 0 Å². The maximum Gasteiger partial charge on any atom is 0.263 e. The van der Waals surface area contributed by atoms with Crippen LogP contribution in [0.5, 0.6) is 5.75 Å². The zero-order valence-electron chi connectivity index (χ0n) is 18.6. The van der Waals surface area contributed by atoms with Gasteiger partial charge in [0.15, 0.2) is 0 Å². The molecule has 5 rings (SSSR count). The van der Waals surface area contributed by atoms with Crippen molar-refractivity contribution in [3.05, 3.63) is 89.2 Å². The average Bonchev–Trinajstić information content (AvgIpc) is 3.10. The second-order valence-corrected chi connectivity index (χ2v) is 8.33. The van der Waals surface area contributed by atoms with Gasteiger partial charge in [0.1, 0.15) is 5.75 Å². The molecule has 0 aliphatic carbocycles. The van der Waals surface area contributed by atoms with E-state index in [1.54, 1.807) is 13.2 Å². The second kappa shape index (κ2) is 9.03. The van der Waals surface area contributed by atoms with Crippen molar-refractivity contribution in [1.82, 2.24) is 14.8 Å². The van der Waals surface area contributed by atoms with Crippen molar-refractivity contribution in [3.8, 4) is 5.75 Å². The minimum absolute atomic E-state index is 0.225. The Hall–Kier alpha value is -3.71. The number of rotatable bonds is 6. The van der Waals surface area contributed by atoms with Gasteiger partial charge in [-0.1, -0.05) is 24.3 Å². The molecule has 1 aromatic heterocycles. The molecule has 1 fully saturated rings. The Labute approximate surface area is 193 Å². The van der Waals surface area contributed by atoms with Gasteiger partial charge in [0, 0.05) is 38.9 Å². The number of amides is 2. The normalized spacial score (nSPS) is 16.3. The van der Waals surface area contributed by atoms with Gasteiger partial charge >= 0.3 is 0 Å². The standard InChI is InChI=1S/C26H26N4O3/c1-33-21-10-8-19(9-11-21)17-30-25(31)22-6-4-7-23(24(22)26(30)32)29-15-13-28(14-16-29)18-20-5-2-3-12-27-20/h2-12H,13-18H2,1H3. The number of pyridine rings is 1. The Morgan fingerprint density at radius 1 is 0.848 bits per heavy atom. The van der Waals surface area contributed by atoms with Crippen molar-refractivity contribution in [2.24, 2.45) is 0 Å². The lowest BCUT2D eigenvalue weighted by Gasteiger charge is -2.36. The summed E-state index contributed by atoms with van der Waals surface area (Å²) in [5, 5.41) is 0. The first-order valence-electron chi connectivity index (χ1n) is 11.1. The number of methoxy groups -OCH3 is 1. The van der Waals surface area contributed by atoms with Crippen LogP contribution in [0.3, 0.4) is 0 Å². The fourth-order valence-electron chi connectivity index (χ4n) is 4.50. The van der Waals surface area contributed by atoms with Crippen molar-refractivity contribution in [3.63, 3.8) is 0 Å². The molecule has 1 saturated heterocycles. The molecule has 2 aliphatic rings. The number of piperazine rings is 1. The molecule has 0 N–H and O–H groups in total. The number of aromatic nitrogens is 1. The lowest BCUT2D eigenvalue weighted by Crippen LogP contribution is -2.46. The zero-order valence-corrected chi connectivity index (χ0v) is 18.6. The third-order valence-electron chi connectivity index (χ3n) is 6.30. The van der Waals surface area contributed by atoms with E-state index in [0.29, 0.717) is 11.1 Å². The Bertz CT molecular complexity index is 1160. The fourth-order valence-corrected chi connectivity index (χ4v) is 4.50. The summed E-state index contributed by atoms with van der Waals surface area (Å²) in [6, 6.07) is 19.0. The van der Waals surface area contributed by atoms with Crippen LogP contribution in [0.15, 0.2) is 66.9 Å². The van der Waals surface area contributed by atoms with Gasteiger partial charge in [0.05, 0.1) is 36.2 Å². The number of anilines is 1.